The lowest BCUT2D eigenvalue weighted by Crippen LogP contribution is -2.60. The minimum atomic E-state index is -0.687. The molecule has 18 heteroatoms. The summed E-state index contributed by atoms with van der Waals surface area (Å²) < 4.78 is 43.5. The van der Waals surface area contributed by atoms with Gasteiger partial charge in [-0.05, 0) is 270 Å². The first-order valence-electron chi connectivity index (χ1n) is 40.3. The standard InChI is InChI=1S/C17H28O2.C17H30O2.2C15H24O3.2C10H16O4/c1-5-16(2,3)15(18)19-17(4)10-11-9-14(17)13-8-6-7-12(11)13;1-8-14(2,3)13(18)19-17(7)11-12-9-10-16(17,6)15(12,4)5;2*1-3-10(2)13(16)18-15-7-11-4-12(8-15)6-14(17,5-11)9-15;1-4-10(2,3)9(12)14-7-5-8(11)13-6-7;1-4-10(2,3)9(12)14-7-5-6-13-8(7)11/h11-14H,5-10H2,1-4H3;12H,8-11H2,1-7H3;2*10-12,17H,3-9H2,1-2H3;2*7H,4-6H2,1-3H3. The Labute approximate surface area is 613 Å². The van der Waals surface area contributed by atoms with Gasteiger partial charge in [-0.25, -0.2) is 4.79 Å². The number of cyclic esters (lactones) is 2. The van der Waals surface area contributed by atoms with Crippen LogP contribution in [0.1, 0.15) is 325 Å². The predicted molar refractivity (Wildman–Crippen MR) is 388 cm³/mol. The van der Waals surface area contributed by atoms with Crippen molar-refractivity contribution in [1.82, 2.24) is 0 Å². The first kappa shape index (κ1) is 83.3. The number of hydrogen-bond donors (Lipinski definition) is 2. The van der Waals surface area contributed by atoms with Gasteiger partial charge in [0, 0.05) is 30.6 Å². The van der Waals surface area contributed by atoms with Crippen molar-refractivity contribution in [3.8, 4) is 0 Å². The second kappa shape index (κ2) is 31.1. The fourth-order valence-corrected chi connectivity index (χ4v) is 20.7. The Morgan fingerprint density at radius 2 is 0.961 bits per heavy atom. The zero-order valence-corrected chi connectivity index (χ0v) is 67.1. The van der Waals surface area contributed by atoms with E-state index in [1.807, 2.05) is 83.1 Å². The van der Waals surface area contributed by atoms with Crippen LogP contribution in [0.3, 0.4) is 0 Å². The molecule has 2 aliphatic heterocycles. The lowest BCUT2D eigenvalue weighted by molar-refractivity contribution is -0.223. The summed E-state index contributed by atoms with van der Waals surface area (Å²) >= 11 is 0. The van der Waals surface area contributed by atoms with Gasteiger partial charge in [0.25, 0.3) is 0 Å². The molecule has 16 atom stereocenters. The van der Waals surface area contributed by atoms with E-state index < -0.39 is 34.1 Å². The summed E-state index contributed by atoms with van der Waals surface area (Å²) in [6.45, 7) is 43.0. The summed E-state index contributed by atoms with van der Waals surface area (Å²) in [6, 6.07) is 0. The van der Waals surface area contributed by atoms with Crippen LogP contribution in [-0.4, -0.2) is 117 Å². The molecular formula is C84H138O18. The van der Waals surface area contributed by atoms with Gasteiger partial charge in [0.05, 0.1) is 57.7 Å². The number of esters is 8. The number of ether oxygens (including phenoxy) is 8. The molecule has 13 saturated carbocycles. The quantitative estimate of drug-likeness (QED) is 0.0955. The first-order valence-corrected chi connectivity index (χ1v) is 40.3. The van der Waals surface area contributed by atoms with Crippen LogP contribution in [0, 0.1) is 97.6 Å². The van der Waals surface area contributed by atoms with Gasteiger partial charge < -0.3 is 48.1 Å². The number of hydrogen-bond acceptors (Lipinski definition) is 18. The van der Waals surface area contributed by atoms with Crippen LogP contribution in [0.5, 0.6) is 0 Å². The summed E-state index contributed by atoms with van der Waals surface area (Å²) in [5.41, 5.74) is -3.52. The molecule has 102 heavy (non-hydrogen) atoms. The summed E-state index contributed by atoms with van der Waals surface area (Å²) in [7, 11) is 0. The van der Waals surface area contributed by atoms with Crippen LogP contribution in [0.25, 0.3) is 0 Å². The van der Waals surface area contributed by atoms with Gasteiger partial charge >= 0.3 is 47.8 Å². The van der Waals surface area contributed by atoms with Gasteiger partial charge in [-0.15, -0.1) is 0 Å². The maximum Gasteiger partial charge on any atom is 0.347 e. The van der Waals surface area contributed by atoms with Crippen molar-refractivity contribution in [3.05, 3.63) is 0 Å². The molecule has 2 N–H and O–H groups in total. The predicted octanol–water partition coefficient (Wildman–Crippen LogP) is 16.6. The molecule has 15 fully saturated rings. The number of carbonyl (C=O) groups excluding carboxylic acids is 8. The molecule has 2 saturated heterocycles. The van der Waals surface area contributed by atoms with E-state index in [1.165, 1.54) is 51.4 Å². The topological polar surface area (TPSA) is 251 Å². The van der Waals surface area contributed by atoms with Crippen molar-refractivity contribution in [2.24, 2.45) is 97.6 Å². The van der Waals surface area contributed by atoms with Crippen LogP contribution in [-0.2, 0) is 76.3 Å². The minimum Gasteiger partial charge on any atom is -0.463 e. The third-order valence-corrected chi connectivity index (χ3v) is 29.2. The van der Waals surface area contributed by atoms with E-state index in [2.05, 4.69) is 48.5 Å². The molecule has 13 aliphatic carbocycles. The highest BCUT2D eigenvalue weighted by molar-refractivity contribution is 5.83. The molecule has 0 radical (unpaired) electrons. The Morgan fingerprint density at radius 1 is 0.520 bits per heavy atom. The van der Waals surface area contributed by atoms with E-state index >= 15 is 0 Å². The number of fused-ring (bicyclic) bond motifs is 7. The molecule has 15 rings (SSSR count). The van der Waals surface area contributed by atoms with E-state index in [4.69, 9.17) is 37.9 Å². The molecule has 582 valence electrons. The second-order valence-corrected chi connectivity index (χ2v) is 38.8. The zero-order valence-electron chi connectivity index (χ0n) is 67.1. The molecule has 18 nitrogen and oxygen atoms in total. The van der Waals surface area contributed by atoms with Gasteiger partial charge in [0.2, 0.25) is 6.10 Å². The smallest absolute Gasteiger partial charge is 0.347 e. The third kappa shape index (κ3) is 17.9. The van der Waals surface area contributed by atoms with Crippen molar-refractivity contribution >= 4 is 47.8 Å². The van der Waals surface area contributed by atoms with Crippen LogP contribution in [0.2, 0.25) is 0 Å². The Balaban J connectivity index is 0.000000156. The van der Waals surface area contributed by atoms with Gasteiger partial charge in [-0.2, -0.15) is 0 Å². The van der Waals surface area contributed by atoms with Crippen molar-refractivity contribution < 1.29 is 86.5 Å². The molecule has 16 unspecified atom stereocenters. The van der Waals surface area contributed by atoms with Crippen molar-refractivity contribution in [1.29, 1.82) is 0 Å². The summed E-state index contributed by atoms with van der Waals surface area (Å²) in [5, 5.41) is 21.2. The molecule has 0 aromatic heterocycles. The first-order chi connectivity index (χ1) is 47.2. The Morgan fingerprint density at radius 3 is 1.34 bits per heavy atom. The normalized spacial score (nSPS) is 38.4. The van der Waals surface area contributed by atoms with Crippen LogP contribution >= 0.6 is 0 Å². The van der Waals surface area contributed by atoms with Gasteiger partial charge in [0.15, 0.2) is 0 Å². The van der Waals surface area contributed by atoms with Crippen LogP contribution in [0.4, 0.5) is 0 Å². The summed E-state index contributed by atoms with van der Waals surface area (Å²) in [4.78, 5) is 93.9. The van der Waals surface area contributed by atoms with E-state index in [1.54, 1.807) is 13.8 Å². The Hall–Kier alpha value is -4.32. The van der Waals surface area contributed by atoms with Gasteiger partial charge in [-0.3, -0.25) is 33.6 Å². The average Bonchev–Trinajstić information content (AvgIpc) is 1.55. The molecule has 0 amide bonds. The van der Waals surface area contributed by atoms with E-state index in [0.717, 1.165) is 108 Å². The lowest BCUT2D eigenvalue weighted by atomic mass is 9.52. The fraction of sp³-hybridized carbons (Fsp3) is 0.905. The van der Waals surface area contributed by atoms with E-state index in [-0.39, 0.29) is 117 Å². The molecule has 15 aliphatic rings. The fourth-order valence-electron chi connectivity index (χ4n) is 20.7. The van der Waals surface area contributed by atoms with Crippen LogP contribution in [0.15, 0.2) is 0 Å². The van der Waals surface area contributed by atoms with Crippen molar-refractivity contribution in [3.63, 3.8) is 0 Å². The van der Waals surface area contributed by atoms with Gasteiger partial charge in [-0.1, -0.05) is 82.6 Å². The summed E-state index contributed by atoms with van der Waals surface area (Å²) in [5.74, 6) is 4.76. The molecular weight excluding hydrogens is 1300 g/mol. The molecule has 2 heterocycles. The Kier molecular flexibility index (Phi) is 25.4. The molecule has 12 bridgehead atoms. The molecule has 0 spiro atoms. The number of rotatable bonds is 18. The lowest BCUT2D eigenvalue weighted by Gasteiger charge is -2.59. The van der Waals surface area contributed by atoms with Crippen molar-refractivity contribution in [2.75, 3.05) is 13.2 Å². The van der Waals surface area contributed by atoms with Gasteiger partial charge in [0.1, 0.15) is 35.1 Å². The number of aliphatic hydroxyl groups is 2. The highest BCUT2D eigenvalue weighted by Gasteiger charge is 2.69. The highest BCUT2D eigenvalue weighted by atomic mass is 16.6. The minimum absolute atomic E-state index is 0.0135. The number of carbonyl (C=O) groups is 8. The monoisotopic (exact) mass is 1430 g/mol. The van der Waals surface area contributed by atoms with Crippen LogP contribution < -0.4 is 0 Å². The Bertz CT molecular complexity index is 2910. The van der Waals surface area contributed by atoms with E-state index in [9.17, 15) is 48.6 Å². The highest BCUT2D eigenvalue weighted by Crippen LogP contribution is 2.71. The summed E-state index contributed by atoms with van der Waals surface area (Å²) in [6.07, 6.45) is 25.9. The zero-order chi connectivity index (χ0) is 76.0. The van der Waals surface area contributed by atoms with E-state index in [0.29, 0.717) is 74.2 Å². The SMILES string of the molecule is CCC(C)(C)C(=O)OC1(C)CC2CC1C1CCCC21.CCC(C)(C)C(=O)OC1(C)CC2CCC1(C)C2(C)C.CCC(C)(C)C(=O)OC1CCOC1=O.CCC(C)(C)C(=O)OC1COC(=O)C1.CCC(C)C(=O)OC12CC3CC(CC(O)(C3)C1)C2.CCC(C)C(=O)OC12CC3CC(CC(O)(C3)C1)C2. The molecule has 0 aromatic rings. The maximum atomic E-state index is 12.5. The molecule has 0 aromatic carbocycles. The maximum absolute atomic E-state index is 12.5. The van der Waals surface area contributed by atoms with Crippen molar-refractivity contribution in [2.45, 2.75) is 371 Å². The third-order valence-electron chi connectivity index (χ3n) is 29.2. The largest absolute Gasteiger partial charge is 0.463 e. The average molecular weight is 1440 g/mol. The second-order valence-electron chi connectivity index (χ2n) is 38.8.